The monoisotopic (exact) mass is 471 g/mol. The van der Waals surface area contributed by atoms with Crippen molar-refractivity contribution in [3.05, 3.63) is 52.9 Å². The maximum Gasteiger partial charge on any atom is 0.219 e. The molecule has 1 unspecified atom stereocenters. The van der Waals surface area contributed by atoms with Crippen molar-refractivity contribution in [1.82, 2.24) is 20.1 Å². The minimum Gasteiger partial charge on any atom is -0.370 e. The van der Waals surface area contributed by atoms with Crippen LogP contribution < -0.4 is 11.1 Å². The topological polar surface area (TPSA) is 120 Å². The number of benzene rings is 1. The molecule has 0 aliphatic heterocycles. The van der Waals surface area contributed by atoms with Crippen LogP contribution in [-0.2, 0) is 22.6 Å². The number of nitrogens with one attached hydrogen (secondary N) is 1. The zero-order valence-corrected chi connectivity index (χ0v) is 19.5. The van der Waals surface area contributed by atoms with Gasteiger partial charge in [-0.05, 0) is 30.4 Å². The molecule has 3 aromatic rings. The molecule has 2 amide bonds. The molecule has 10 heteroatoms. The summed E-state index contributed by atoms with van der Waals surface area (Å²) in [6.45, 7) is 4.22. The Morgan fingerprint density at radius 3 is 2.56 bits per heavy atom. The lowest BCUT2D eigenvalue weighted by molar-refractivity contribution is -0.119. The molecule has 3 rings (SSSR count). The summed E-state index contributed by atoms with van der Waals surface area (Å²) < 4.78 is 1.84. The summed E-state index contributed by atoms with van der Waals surface area (Å²) in [7, 11) is 0. The standard InChI is InChI=1S/C22H25N5O3S2/c1-14(20(30)17-7-5-16(6-8-17)9-11-24-15(2)28)32-22-26-25-21(18-4-3-13-31-18)27(22)12-10-19(23)29/h3-8,13-14H,9-12H2,1-2H3,(H2,23,29)(H,24,28). The number of amides is 2. The maximum atomic E-state index is 13.0. The summed E-state index contributed by atoms with van der Waals surface area (Å²) in [5, 5.41) is 13.4. The largest absolute Gasteiger partial charge is 0.370 e. The van der Waals surface area contributed by atoms with Gasteiger partial charge in [0, 0.05) is 32.0 Å². The average molecular weight is 472 g/mol. The van der Waals surface area contributed by atoms with Gasteiger partial charge in [-0.1, -0.05) is 42.1 Å². The Kier molecular flexibility index (Phi) is 8.18. The number of rotatable bonds is 11. The second kappa shape index (κ2) is 11.1. The third-order valence-corrected chi connectivity index (χ3v) is 6.66. The van der Waals surface area contributed by atoms with Gasteiger partial charge in [-0.2, -0.15) is 0 Å². The molecule has 168 valence electrons. The summed E-state index contributed by atoms with van der Waals surface area (Å²) in [5.41, 5.74) is 6.99. The highest BCUT2D eigenvalue weighted by Gasteiger charge is 2.22. The van der Waals surface area contributed by atoms with Crippen LogP contribution in [0.2, 0.25) is 0 Å². The van der Waals surface area contributed by atoms with Crippen molar-refractivity contribution in [1.29, 1.82) is 0 Å². The number of ketones is 1. The number of thioether (sulfide) groups is 1. The molecule has 0 spiro atoms. The zero-order valence-electron chi connectivity index (χ0n) is 17.9. The van der Waals surface area contributed by atoms with E-state index in [1.54, 1.807) is 12.1 Å². The minimum atomic E-state index is -0.408. The first-order valence-electron chi connectivity index (χ1n) is 10.1. The lowest BCUT2D eigenvalue weighted by Gasteiger charge is -2.12. The Morgan fingerprint density at radius 2 is 1.94 bits per heavy atom. The quantitative estimate of drug-likeness (QED) is 0.328. The van der Waals surface area contributed by atoms with Gasteiger partial charge in [0.2, 0.25) is 11.8 Å². The third-order valence-electron chi connectivity index (χ3n) is 4.72. The highest BCUT2D eigenvalue weighted by molar-refractivity contribution is 8.00. The van der Waals surface area contributed by atoms with Crippen LogP contribution in [0.4, 0.5) is 0 Å². The molecule has 8 nitrogen and oxygen atoms in total. The lowest BCUT2D eigenvalue weighted by Crippen LogP contribution is -2.22. The van der Waals surface area contributed by atoms with Crippen molar-refractivity contribution in [3.63, 3.8) is 0 Å². The van der Waals surface area contributed by atoms with Gasteiger partial charge in [0.15, 0.2) is 16.8 Å². The first-order chi connectivity index (χ1) is 15.3. The average Bonchev–Trinajstić information content (AvgIpc) is 3.41. The molecule has 0 fully saturated rings. The van der Waals surface area contributed by atoms with Gasteiger partial charge in [-0.25, -0.2) is 0 Å². The predicted molar refractivity (Wildman–Crippen MR) is 126 cm³/mol. The van der Waals surface area contributed by atoms with Crippen LogP contribution in [-0.4, -0.2) is 44.2 Å². The maximum absolute atomic E-state index is 13.0. The molecule has 0 aliphatic rings. The van der Waals surface area contributed by atoms with Gasteiger partial charge < -0.3 is 15.6 Å². The Hall–Kier alpha value is -2.98. The molecule has 0 radical (unpaired) electrons. The predicted octanol–water partition coefficient (Wildman–Crippen LogP) is 2.92. The Morgan fingerprint density at radius 1 is 1.19 bits per heavy atom. The fourth-order valence-corrected chi connectivity index (χ4v) is 4.72. The van der Waals surface area contributed by atoms with Gasteiger partial charge in [0.25, 0.3) is 0 Å². The van der Waals surface area contributed by atoms with Crippen molar-refractivity contribution in [2.45, 2.75) is 43.6 Å². The molecule has 2 heterocycles. The Bertz CT molecular complexity index is 1080. The third kappa shape index (κ3) is 6.27. The van der Waals surface area contributed by atoms with Crippen LogP contribution in [0.1, 0.15) is 36.2 Å². The van der Waals surface area contributed by atoms with E-state index in [4.69, 9.17) is 5.73 Å². The summed E-state index contributed by atoms with van der Waals surface area (Å²) in [5.74, 6) is 0.167. The zero-order chi connectivity index (χ0) is 23.1. The van der Waals surface area contributed by atoms with Crippen LogP contribution in [0.5, 0.6) is 0 Å². The summed E-state index contributed by atoms with van der Waals surface area (Å²) in [4.78, 5) is 36.2. The van der Waals surface area contributed by atoms with Gasteiger partial charge in [0.05, 0.1) is 10.1 Å². The molecule has 0 aliphatic carbocycles. The van der Waals surface area contributed by atoms with Crippen molar-refractivity contribution >= 4 is 40.7 Å². The van der Waals surface area contributed by atoms with Gasteiger partial charge in [-0.3, -0.25) is 14.4 Å². The number of aromatic nitrogens is 3. The van der Waals surface area contributed by atoms with Crippen molar-refractivity contribution in [2.75, 3.05) is 6.54 Å². The molecule has 0 bridgehead atoms. The molecule has 1 aromatic carbocycles. The van der Waals surface area contributed by atoms with E-state index in [1.165, 1.54) is 30.0 Å². The van der Waals surface area contributed by atoms with E-state index < -0.39 is 11.2 Å². The van der Waals surface area contributed by atoms with Crippen LogP contribution in [0.3, 0.4) is 0 Å². The molecular weight excluding hydrogens is 446 g/mol. The summed E-state index contributed by atoms with van der Waals surface area (Å²) in [6.07, 6.45) is 0.860. The number of hydrogen-bond donors (Lipinski definition) is 2. The van der Waals surface area contributed by atoms with Gasteiger partial charge in [-0.15, -0.1) is 21.5 Å². The number of Topliss-reactive ketones (excluding diaryl/α,β-unsaturated/α-hetero) is 1. The summed E-state index contributed by atoms with van der Waals surface area (Å²) in [6, 6.07) is 11.3. The molecule has 32 heavy (non-hydrogen) atoms. The van der Waals surface area contributed by atoms with E-state index in [0.29, 0.717) is 36.1 Å². The minimum absolute atomic E-state index is 0.0227. The fraction of sp³-hybridized carbons (Fsp3) is 0.318. The Balaban J connectivity index is 1.70. The van der Waals surface area contributed by atoms with Gasteiger partial charge in [0.1, 0.15) is 0 Å². The molecular formula is C22H25N5O3S2. The number of nitrogens with zero attached hydrogens (tertiary/aromatic N) is 3. The highest BCUT2D eigenvalue weighted by Crippen LogP contribution is 2.30. The second-order valence-electron chi connectivity index (χ2n) is 7.21. The van der Waals surface area contributed by atoms with E-state index >= 15 is 0 Å². The lowest BCUT2D eigenvalue weighted by atomic mass is 10.0. The smallest absolute Gasteiger partial charge is 0.219 e. The number of carbonyl (C=O) groups excluding carboxylic acids is 3. The van der Waals surface area contributed by atoms with Crippen LogP contribution >= 0.6 is 23.1 Å². The first-order valence-corrected chi connectivity index (χ1v) is 11.9. The normalized spacial score (nSPS) is 11.8. The molecule has 3 N–H and O–H groups in total. The van der Waals surface area contributed by atoms with E-state index in [9.17, 15) is 14.4 Å². The summed E-state index contributed by atoms with van der Waals surface area (Å²) >= 11 is 2.84. The Labute approximate surface area is 194 Å². The van der Waals surface area contributed by atoms with Crippen LogP contribution in [0, 0.1) is 0 Å². The molecule has 0 saturated carbocycles. The van der Waals surface area contributed by atoms with Crippen molar-refractivity contribution in [3.8, 4) is 10.7 Å². The molecule has 2 aromatic heterocycles. The van der Waals surface area contributed by atoms with Gasteiger partial charge >= 0.3 is 0 Å². The van der Waals surface area contributed by atoms with E-state index in [1.807, 2.05) is 41.1 Å². The fourth-order valence-electron chi connectivity index (χ4n) is 3.05. The molecule has 1 atom stereocenters. The van der Waals surface area contributed by atoms with Crippen LogP contribution in [0.25, 0.3) is 10.7 Å². The number of nitrogens with two attached hydrogens (primary N) is 1. The number of carbonyl (C=O) groups is 3. The number of hydrogen-bond acceptors (Lipinski definition) is 7. The van der Waals surface area contributed by atoms with Crippen LogP contribution in [0.15, 0.2) is 46.9 Å². The van der Waals surface area contributed by atoms with Crippen molar-refractivity contribution in [2.24, 2.45) is 5.73 Å². The molecule has 0 saturated heterocycles. The number of primary amides is 1. The first kappa shape index (κ1) is 23.7. The van der Waals surface area contributed by atoms with E-state index in [0.717, 1.165) is 10.4 Å². The van der Waals surface area contributed by atoms with Crippen molar-refractivity contribution < 1.29 is 14.4 Å². The highest BCUT2D eigenvalue weighted by atomic mass is 32.2. The van der Waals surface area contributed by atoms with E-state index in [2.05, 4.69) is 15.5 Å². The number of thiophene rings is 1. The SMILES string of the molecule is CC(=O)NCCc1ccc(C(=O)C(C)Sc2nnc(-c3cccs3)n2CCC(N)=O)cc1. The van der Waals surface area contributed by atoms with E-state index in [-0.39, 0.29) is 18.1 Å². The second-order valence-corrected chi connectivity index (χ2v) is 9.46.